The summed E-state index contributed by atoms with van der Waals surface area (Å²) >= 11 is 0. The van der Waals surface area contributed by atoms with Gasteiger partial charge in [-0.3, -0.25) is 4.90 Å². The fourth-order valence-electron chi connectivity index (χ4n) is 3.35. The molecule has 134 valence electrons. The lowest BCUT2D eigenvalue weighted by Crippen LogP contribution is -2.32. The van der Waals surface area contributed by atoms with Crippen molar-refractivity contribution in [1.29, 1.82) is 0 Å². The zero-order valence-corrected chi connectivity index (χ0v) is 14.5. The van der Waals surface area contributed by atoms with Crippen LogP contribution in [0.3, 0.4) is 0 Å². The van der Waals surface area contributed by atoms with Crippen molar-refractivity contribution in [2.24, 2.45) is 0 Å². The number of rotatable bonds is 3. The number of benzene rings is 2. The van der Waals surface area contributed by atoms with Crippen LogP contribution in [0.15, 0.2) is 42.5 Å². The molecule has 0 aromatic heterocycles. The molecule has 0 bridgehead atoms. The maximum Gasteiger partial charge on any atom is 0.414 e. The average molecular weight is 343 g/mol. The molecule has 1 aliphatic carbocycles. The van der Waals surface area contributed by atoms with Crippen LogP contribution in [-0.2, 0) is 16.1 Å². The number of hydrogen-bond acceptors (Lipinski definition) is 3. The van der Waals surface area contributed by atoms with Gasteiger partial charge in [-0.1, -0.05) is 61.7 Å². The van der Waals surface area contributed by atoms with E-state index in [1.54, 1.807) is 0 Å². The molecule has 0 saturated heterocycles. The highest BCUT2D eigenvalue weighted by molar-refractivity contribution is 6.27. The Labute approximate surface area is 147 Å². The lowest BCUT2D eigenvalue weighted by Gasteiger charge is -2.31. The Balaban J connectivity index is 0.000000326. The minimum Gasteiger partial charge on any atom is -0.473 e. The molecule has 0 unspecified atom stereocenters. The Hall–Kier alpha value is -2.40. The first-order chi connectivity index (χ1) is 12.0. The molecule has 1 aliphatic rings. The van der Waals surface area contributed by atoms with Gasteiger partial charge in [0.25, 0.3) is 0 Å². The second-order valence-electron chi connectivity index (χ2n) is 6.46. The monoisotopic (exact) mass is 343 g/mol. The number of aliphatic carboxylic acids is 2. The highest BCUT2D eigenvalue weighted by Gasteiger charge is 2.18. The predicted octanol–water partition coefficient (Wildman–Crippen LogP) is 3.76. The second kappa shape index (κ2) is 9.18. The Kier molecular flexibility index (Phi) is 6.95. The van der Waals surface area contributed by atoms with E-state index in [4.69, 9.17) is 19.8 Å². The summed E-state index contributed by atoms with van der Waals surface area (Å²) < 4.78 is 0. The summed E-state index contributed by atoms with van der Waals surface area (Å²) in [6.07, 6.45) is 7.00. The predicted molar refractivity (Wildman–Crippen MR) is 97.6 cm³/mol. The SMILES string of the molecule is CN(Cc1cccc2ccccc12)C1CCCCC1.O=C(O)C(=O)O. The van der Waals surface area contributed by atoms with E-state index < -0.39 is 11.9 Å². The molecule has 0 radical (unpaired) electrons. The lowest BCUT2D eigenvalue weighted by atomic mass is 9.94. The third-order valence-electron chi connectivity index (χ3n) is 4.68. The quantitative estimate of drug-likeness (QED) is 0.830. The number of fused-ring (bicyclic) bond motifs is 1. The van der Waals surface area contributed by atoms with Crippen LogP contribution >= 0.6 is 0 Å². The van der Waals surface area contributed by atoms with Crippen LogP contribution in [0.5, 0.6) is 0 Å². The smallest absolute Gasteiger partial charge is 0.414 e. The number of carboxylic acid groups (broad SMARTS) is 2. The summed E-state index contributed by atoms with van der Waals surface area (Å²) in [4.78, 5) is 20.8. The van der Waals surface area contributed by atoms with Crippen molar-refractivity contribution in [3.8, 4) is 0 Å². The topological polar surface area (TPSA) is 77.8 Å². The largest absolute Gasteiger partial charge is 0.473 e. The van der Waals surface area contributed by atoms with Crippen LogP contribution in [-0.4, -0.2) is 40.1 Å². The molecule has 25 heavy (non-hydrogen) atoms. The number of carboxylic acids is 2. The number of nitrogens with zero attached hydrogens (tertiary/aromatic N) is 1. The fourth-order valence-corrected chi connectivity index (χ4v) is 3.35. The van der Waals surface area contributed by atoms with Gasteiger partial charge in [0.1, 0.15) is 0 Å². The van der Waals surface area contributed by atoms with Gasteiger partial charge in [-0.15, -0.1) is 0 Å². The van der Waals surface area contributed by atoms with Crippen molar-refractivity contribution < 1.29 is 19.8 Å². The highest BCUT2D eigenvalue weighted by atomic mass is 16.4. The van der Waals surface area contributed by atoms with Gasteiger partial charge in [0.2, 0.25) is 0 Å². The summed E-state index contributed by atoms with van der Waals surface area (Å²) in [5.41, 5.74) is 1.46. The maximum atomic E-state index is 9.10. The van der Waals surface area contributed by atoms with Crippen molar-refractivity contribution >= 4 is 22.7 Å². The first-order valence-corrected chi connectivity index (χ1v) is 8.62. The minimum atomic E-state index is -1.82. The average Bonchev–Trinajstić information content (AvgIpc) is 2.63. The zero-order chi connectivity index (χ0) is 18.2. The summed E-state index contributed by atoms with van der Waals surface area (Å²) in [6.45, 7) is 1.08. The summed E-state index contributed by atoms with van der Waals surface area (Å²) in [5.74, 6) is -3.65. The third kappa shape index (κ3) is 5.57. The Morgan fingerprint density at radius 2 is 1.56 bits per heavy atom. The maximum absolute atomic E-state index is 9.10. The molecule has 3 rings (SSSR count). The Morgan fingerprint density at radius 3 is 2.20 bits per heavy atom. The van der Waals surface area contributed by atoms with E-state index in [9.17, 15) is 0 Å². The molecule has 5 nitrogen and oxygen atoms in total. The van der Waals surface area contributed by atoms with Crippen LogP contribution in [0.2, 0.25) is 0 Å². The van der Waals surface area contributed by atoms with Gasteiger partial charge < -0.3 is 10.2 Å². The third-order valence-corrected chi connectivity index (χ3v) is 4.68. The molecule has 0 heterocycles. The number of hydrogen-bond donors (Lipinski definition) is 2. The van der Waals surface area contributed by atoms with E-state index in [1.165, 1.54) is 48.4 Å². The van der Waals surface area contributed by atoms with Gasteiger partial charge in [0.05, 0.1) is 0 Å². The summed E-state index contributed by atoms with van der Waals surface area (Å²) in [6, 6.07) is 16.2. The van der Waals surface area contributed by atoms with E-state index in [0.717, 1.165) is 12.6 Å². The van der Waals surface area contributed by atoms with Gasteiger partial charge in [-0.05, 0) is 36.2 Å². The van der Waals surface area contributed by atoms with Crippen molar-refractivity contribution in [2.75, 3.05) is 7.05 Å². The van der Waals surface area contributed by atoms with Gasteiger partial charge in [0, 0.05) is 12.6 Å². The van der Waals surface area contributed by atoms with Crippen LogP contribution in [0.1, 0.15) is 37.7 Å². The van der Waals surface area contributed by atoms with Crippen LogP contribution in [0, 0.1) is 0 Å². The Bertz CT molecular complexity index is 705. The molecule has 0 aliphatic heterocycles. The van der Waals surface area contributed by atoms with Crippen LogP contribution in [0.25, 0.3) is 10.8 Å². The molecule has 2 aromatic carbocycles. The van der Waals surface area contributed by atoms with Crippen LogP contribution < -0.4 is 0 Å². The summed E-state index contributed by atoms with van der Waals surface area (Å²) in [5, 5.41) is 17.6. The van der Waals surface area contributed by atoms with E-state index in [0.29, 0.717) is 0 Å². The second-order valence-corrected chi connectivity index (χ2v) is 6.46. The molecular weight excluding hydrogens is 318 g/mol. The molecule has 1 saturated carbocycles. The molecule has 0 amide bonds. The Morgan fingerprint density at radius 1 is 0.960 bits per heavy atom. The normalized spacial score (nSPS) is 14.8. The molecule has 1 fully saturated rings. The van der Waals surface area contributed by atoms with Crippen LogP contribution in [0.4, 0.5) is 0 Å². The molecule has 2 aromatic rings. The van der Waals surface area contributed by atoms with Crippen molar-refractivity contribution in [3.05, 3.63) is 48.0 Å². The van der Waals surface area contributed by atoms with E-state index in [-0.39, 0.29) is 0 Å². The lowest BCUT2D eigenvalue weighted by molar-refractivity contribution is -0.159. The highest BCUT2D eigenvalue weighted by Crippen LogP contribution is 2.25. The first-order valence-electron chi connectivity index (χ1n) is 8.62. The standard InChI is InChI=1S/C18H23N.C2H2O4/c1-19(17-11-3-2-4-12-17)14-16-10-7-9-15-8-5-6-13-18(15)16;3-1(4)2(5)6/h5-10,13,17H,2-4,11-12,14H2,1H3;(H,3,4)(H,5,6). The van der Waals surface area contributed by atoms with Crippen molar-refractivity contribution in [3.63, 3.8) is 0 Å². The summed E-state index contributed by atoms with van der Waals surface area (Å²) in [7, 11) is 2.29. The van der Waals surface area contributed by atoms with Gasteiger partial charge in [-0.25, -0.2) is 9.59 Å². The molecular formula is C20H25NO4. The van der Waals surface area contributed by atoms with E-state index in [1.807, 2.05) is 0 Å². The van der Waals surface area contributed by atoms with E-state index in [2.05, 4.69) is 54.4 Å². The molecule has 0 spiro atoms. The first kappa shape index (κ1) is 18.9. The fraction of sp³-hybridized carbons (Fsp3) is 0.400. The minimum absolute atomic E-state index is 0.785. The van der Waals surface area contributed by atoms with Crippen molar-refractivity contribution in [1.82, 2.24) is 4.90 Å². The number of carbonyl (C=O) groups is 2. The zero-order valence-electron chi connectivity index (χ0n) is 14.5. The van der Waals surface area contributed by atoms with Gasteiger partial charge >= 0.3 is 11.9 Å². The molecule has 5 heteroatoms. The molecule has 2 N–H and O–H groups in total. The van der Waals surface area contributed by atoms with E-state index >= 15 is 0 Å². The van der Waals surface area contributed by atoms with Gasteiger partial charge in [0.15, 0.2) is 0 Å². The molecule has 0 atom stereocenters. The van der Waals surface area contributed by atoms with Gasteiger partial charge in [-0.2, -0.15) is 0 Å². The van der Waals surface area contributed by atoms with Crippen molar-refractivity contribution in [2.45, 2.75) is 44.7 Å².